The maximum Gasteiger partial charge on any atom is 0.0384 e. The van der Waals surface area contributed by atoms with Crippen LogP contribution in [0.3, 0.4) is 0 Å². The first-order valence-corrected chi connectivity index (χ1v) is 6.20. The Hall–Kier alpha value is -2.54. The summed E-state index contributed by atoms with van der Waals surface area (Å²) in [5.74, 6) is 0. The lowest BCUT2D eigenvalue weighted by atomic mass is 10.1. The number of nitrogens with one attached hydrogen (secondary N) is 1. The molecule has 2 rings (SSSR count). The van der Waals surface area contributed by atoms with E-state index in [4.69, 9.17) is 0 Å². The Morgan fingerprint density at radius 3 is 2.16 bits per heavy atom. The van der Waals surface area contributed by atoms with E-state index < -0.39 is 0 Å². The van der Waals surface area contributed by atoms with Crippen molar-refractivity contribution in [1.82, 2.24) is 0 Å². The summed E-state index contributed by atoms with van der Waals surface area (Å²) in [6, 6.07) is 18.6. The molecule has 0 aromatic heterocycles. The molecule has 0 spiro atoms. The van der Waals surface area contributed by atoms with Crippen LogP contribution in [0.4, 0.5) is 5.69 Å². The van der Waals surface area contributed by atoms with Crippen molar-refractivity contribution in [1.29, 1.82) is 0 Å². The summed E-state index contributed by atoms with van der Waals surface area (Å²) >= 11 is 0. The molecule has 0 atom stereocenters. The zero-order valence-electron chi connectivity index (χ0n) is 10.8. The van der Waals surface area contributed by atoms with Gasteiger partial charge in [-0.15, -0.1) is 0 Å². The molecule has 0 saturated carbocycles. The lowest BCUT2D eigenvalue weighted by molar-refractivity contribution is 1.49. The molecule has 0 unspecified atom stereocenters. The average molecular weight is 247 g/mol. The van der Waals surface area contributed by atoms with Crippen molar-refractivity contribution in [2.45, 2.75) is 0 Å². The van der Waals surface area contributed by atoms with Gasteiger partial charge in [0.05, 0.1) is 0 Å². The zero-order valence-corrected chi connectivity index (χ0v) is 10.8. The van der Waals surface area contributed by atoms with Gasteiger partial charge in [-0.25, -0.2) is 0 Å². The number of anilines is 1. The Bertz CT molecular complexity index is 577. The van der Waals surface area contributed by atoms with Crippen LogP contribution in [0.5, 0.6) is 0 Å². The second-order valence-corrected chi connectivity index (χ2v) is 4.19. The predicted octanol–water partition coefficient (Wildman–Crippen LogP) is 5.02. The van der Waals surface area contributed by atoms with Gasteiger partial charge in [-0.3, -0.25) is 0 Å². The van der Waals surface area contributed by atoms with Crippen LogP contribution in [0.25, 0.3) is 11.1 Å². The molecule has 0 aliphatic carbocycles. The average Bonchev–Trinajstić information content (AvgIpc) is 2.47. The fraction of sp³-hybridized carbons (Fsp3) is 0. The van der Waals surface area contributed by atoms with Crippen molar-refractivity contribution in [2.24, 2.45) is 0 Å². The Labute approximate surface area is 114 Å². The molecular weight excluding hydrogens is 230 g/mol. The fourth-order valence-corrected chi connectivity index (χ4v) is 1.79. The van der Waals surface area contributed by atoms with Crippen LogP contribution in [0, 0.1) is 0 Å². The lowest BCUT2D eigenvalue weighted by Gasteiger charge is -2.07. The number of benzene rings is 2. The van der Waals surface area contributed by atoms with Crippen molar-refractivity contribution in [2.75, 3.05) is 5.32 Å². The number of hydrogen-bond donors (Lipinski definition) is 1. The molecule has 0 heterocycles. The molecule has 19 heavy (non-hydrogen) atoms. The van der Waals surface area contributed by atoms with Gasteiger partial charge in [-0.05, 0) is 29.3 Å². The van der Waals surface area contributed by atoms with Gasteiger partial charge in [-0.2, -0.15) is 0 Å². The van der Waals surface area contributed by atoms with Crippen molar-refractivity contribution in [3.63, 3.8) is 0 Å². The van der Waals surface area contributed by atoms with E-state index in [-0.39, 0.29) is 0 Å². The molecule has 0 radical (unpaired) electrons. The first-order valence-electron chi connectivity index (χ1n) is 6.20. The molecule has 1 N–H and O–H groups in total. The standard InChI is InChI=1S/C18H17N/c1-3-4-8-15(2)19-18-13-11-17(12-14-18)16-9-6-5-7-10-16/h3-14,19H,1-2H2/b8-4-. The smallest absolute Gasteiger partial charge is 0.0384 e. The summed E-state index contributed by atoms with van der Waals surface area (Å²) < 4.78 is 0. The normalized spacial score (nSPS) is 10.3. The van der Waals surface area contributed by atoms with E-state index in [0.29, 0.717) is 0 Å². The number of rotatable bonds is 5. The van der Waals surface area contributed by atoms with Crippen LogP contribution >= 0.6 is 0 Å². The summed E-state index contributed by atoms with van der Waals surface area (Å²) in [5.41, 5.74) is 4.29. The van der Waals surface area contributed by atoms with Gasteiger partial charge >= 0.3 is 0 Å². The Morgan fingerprint density at radius 1 is 0.895 bits per heavy atom. The van der Waals surface area contributed by atoms with Crippen LogP contribution in [-0.4, -0.2) is 0 Å². The van der Waals surface area contributed by atoms with Crippen LogP contribution in [0.15, 0.2) is 91.7 Å². The Morgan fingerprint density at radius 2 is 1.53 bits per heavy atom. The number of hydrogen-bond acceptors (Lipinski definition) is 1. The third-order valence-corrected chi connectivity index (χ3v) is 2.73. The minimum atomic E-state index is 0.840. The maximum atomic E-state index is 3.92. The van der Waals surface area contributed by atoms with Crippen molar-refractivity contribution >= 4 is 5.69 Å². The van der Waals surface area contributed by atoms with Crippen molar-refractivity contribution < 1.29 is 0 Å². The molecule has 0 saturated heterocycles. The largest absolute Gasteiger partial charge is 0.356 e. The molecule has 0 aliphatic rings. The van der Waals surface area contributed by atoms with E-state index in [1.165, 1.54) is 11.1 Å². The molecule has 0 amide bonds. The van der Waals surface area contributed by atoms with Gasteiger partial charge in [0.2, 0.25) is 0 Å². The Kier molecular flexibility index (Phi) is 4.35. The maximum absolute atomic E-state index is 3.92. The highest BCUT2D eigenvalue weighted by molar-refractivity contribution is 5.66. The summed E-state index contributed by atoms with van der Waals surface area (Å²) in [7, 11) is 0. The van der Waals surface area contributed by atoms with Gasteiger partial charge < -0.3 is 5.32 Å². The summed E-state index contributed by atoms with van der Waals surface area (Å²) in [6.07, 6.45) is 5.47. The molecule has 0 aliphatic heterocycles. The second-order valence-electron chi connectivity index (χ2n) is 4.19. The van der Waals surface area contributed by atoms with Crippen LogP contribution in [-0.2, 0) is 0 Å². The fourth-order valence-electron chi connectivity index (χ4n) is 1.79. The quantitative estimate of drug-likeness (QED) is 0.731. The second kappa shape index (κ2) is 6.41. The van der Waals surface area contributed by atoms with Crippen LogP contribution < -0.4 is 5.32 Å². The van der Waals surface area contributed by atoms with Crippen molar-refractivity contribution in [3.8, 4) is 11.1 Å². The highest BCUT2D eigenvalue weighted by Gasteiger charge is 1.97. The molecule has 2 aromatic carbocycles. The van der Waals surface area contributed by atoms with E-state index in [1.54, 1.807) is 6.08 Å². The van der Waals surface area contributed by atoms with E-state index in [0.717, 1.165) is 11.4 Å². The molecule has 0 fully saturated rings. The summed E-state index contributed by atoms with van der Waals surface area (Å²) in [5, 5.41) is 3.23. The monoisotopic (exact) mass is 247 g/mol. The van der Waals surface area contributed by atoms with Crippen LogP contribution in [0.2, 0.25) is 0 Å². The van der Waals surface area contributed by atoms with Gasteiger partial charge in [0.25, 0.3) is 0 Å². The summed E-state index contributed by atoms with van der Waals surface area (Å²) in [6.45, 7) is 7.55. The highest BCUT2D eigenvalue weighted by Crippen LogP contribution is 2.21. The van der Waals surface area contributed by atoms with Crippen LogP contribution in [0.1, 0.15) is 0 Å². The zero-order chi connectivity index (χ0) is 13.5. The van der Waals surface area contributed by atoms with Gasteiger partial charge in [0.1, 0.15) is 0 Å². The minimum Gasteiger partial charge on any atom is -0.356 e. The van der Waals surface area contributed by atoms with E-state index >= 15 is 0 Å². The first-order chi connectivity index (χ1) is 9.29. The Balaban J connectivity index is 2.09. The third-order valence-electron chi connectivity index (χ3n) is 2.73. The molecular formula is C18H17N. The topological polar surface area (TPSA) is 12.0 Å². The van der Waals surface area contributed by atoms with E-state index in [1.807, 2.05) is 30.4 Å². The van der Waals surface area contributed by atoms with E-state index in [2.05, 4.69) is 54.9 Å². The van der Waals surface area contributed by atoms with Gasteiger partial charge in [0, 0.05) is 11.4 Å². The molecule has 2 aromatic rings. The molecule has 1 nitrogen and oxygen atoms in total. The minimum absolute atomic E-state index is 0.840. The molecule has 0 bridgehead atoms. The van der Waals surface area contributed by atoms with E-state index in [9.17, 15) is 0 Å². The third kappa shape index (κ3) is 3.71. The first kappa shape index (κ1) is 12.9. The number of allylic oxidation sites excluding steroid dienone is 3. The van der Waals surface area contributed by atoms with Gasteiger partial charge in [-0.1, -0.05) is 67.8 Å². The SMILES string of the molecule is C=C/C=C\C(=C)Nc1ccc(-c2ccccc2)cc1. The molecule has 1 heteroatoms. The lowest BCUT2D eigenvalue weighted by Crippen LogP contribution is -1.94. The van der Waals surface area contributed by atoms with Crippen molar-refractivity contribution in [3.05, 3.63) is 91.7 Å². The summed E-state index contributed by atoms with van der Waals surface area (Å²) in [4.78, 5) is 0. The molecule has 94 valence electrons. The highest BCUT2D eigenvalue weighted by atomic mass is 14.9. The van der Waals surface area contributed by atoms with Gasteiger partial charge in [0.15, 0.2) is 0 Å². The predicted molar refractivity (Wildman–Crippen MR) is 84.0 cm³/mol.